The number of anilines is 1. The smallest absolute Gasteiger partial charge is 0.345 e. The lowest BCUT2D eigenvalue weighted by Gasteiger charge is -2.04. The molecule has 27 heavy (non-hydrogen) atoms. The fraction of sp³-hybridized carbons (Fsp3) is 0.0714. The van der Waals surface area contributed by atoms with Gasteiger partial charge in [0.15, 0.2) is 10.9 Å². The molecule has 0 spiro atoms. The van der Waals surface area contributed by atoms with E-state index < -0.39 is 25.9 Å². The molecule has 0 bridgehead atoms. The third-order valence-electron chi connectivity index (χ3n) is 3.15. The van der Waals surface area contributed by atoms with E-state index in [1.807, 2.05) is 0 Å². The minimum absolute atomic E-state index is 0.00118. The number of furan rings is 1. The Bertz CT molecular complexity index is 1080. The van der Waals surface area contributed by atoms with Crippen molar-refractivity contribution in [2.45, 2.75) is 11.6 Å². The van der Waals surface area contributed by atoms with E-state index in [2.05, 4.69) is 20.0 Å². The van der Waals surface area contributed by atoms with Crippen molar-refractivity contribution in [3.8, 4) is 0 Å². The Morgan fingerprint density at radius 2 is 2.11 bits per heavy atom. The molecular formula is C14H11N5O6S2. The number of rotatable bonds is 7. The van der Waals surface area contributed by atoms with Crippen molar-refractivity contribution in [3.05, 3.63) is 64.3 Å². The number of hydrogen-bond donors (Lipinski definition) is 2. The number of nitrogens with one attached hydrogen (secondary N) is 2. The Hall–Kier alpha value is -3.16. The highest BCUT2D eigenvalue weighted by Crippen LogP contribution is 2.25. The van der Waals surface area contributed by atoms with Crippen molar-refractivity contribution in [2.75, 3.05) is 5.32 Å². The number of aromatic nitrogens is 2. The number of pyridine rings is 1. The number of carbonyl (C=O) groups excluding carboxylic acids is 1. The maximum atomic E-state index is 12.2. The summed E-state index contributed by atoms with van der Waals surface area (Å²) in [6.45, 7) is 0.00118. The fourth-order valence-electron chi connectivity index (χ4n) is 1.91. The summed E-state index contributed by atoms with van der Waals surface area (Å²) in [7, 11) is -3.98. The van der Waals surface area contributed by atoms with Crippen molar-refractivity contribution in [1.82, 2.24) is 14.7 Å². The minimum Gasteiger partial charge on any atom is -0.438 e. The van der Waals surface area contributed by atoms with Gasteiger partial charge < -0.3 is 4.42 Å². The van der Waals surface area contributed by atoms with Crippen molar-refractivity contribution >= 4 is 37.4 Å². The van der Waals surface area contributed by atoms with Crippen molar-refractivity contribution in [1.29, 1.82) is 0 Å². The zero-order valence-electron chi connectivity index (χ0n) is 13.4. The van der Waals surface area contributed by atoms with Crippen LogP contribution in [-0.4, -0.2) is 29.2 Å². The van der Waals surface area contributed by atoms with Crippen LogP contribution in [0.15, 0.2) is 52.4 Å². The van der Waals surface area contributed by atoms with Crippen LogP contribution < -0.4 is 10.0 Å². The molecule has 3 rings (SSSR count). The molecule has 0 aliphatic rings. The summed E-state index contributed by atoms with van der Waals surface area (Å²) in [6, 6.07) is 5.67. The van der Waals surface area contributed by atoms with Crippen LogP contribution in [0.4, 0.5) is 10.1 Å². The molecule has 2 N–H and O–H groups in total. The number of nitrogens with zero attached hydrogens (tertiary/aromatic N) is 3. The van der Waals surface area contributed by atoms with Crippen molar-refractivity contribution in [2.24, 2.45) is 0 Å². The van der Waals surface area contributed by atoms with Gasteiger partial charge in [0.05, 0.1) is 4.92 Å². The monoisotopic (exact) mass is 409 g/mol. The first-order chi connectivity index (χ1) is 12.8. The molecule has 0 saturated carbocycles. The summed E-state index contributed by atoms with van der Waals surface area (Å²) in [4.78, 5) is 29.6. The molecule has 3 heterocycles. The molecule has 0 aliphatic heterocycles. The molecule has 0 aliphatic carbocycles. The van der Waals surface area contributed by atoms with Gasteiger partial charge in [-0.05, 0) is 35.1 Å². The zero-order chi connectivity index (χ0) is 19.4. The SMILES string of the molecule is O=C(Nc1ncc([N+](=O)[O-])s1)c1ccc(S(=O)(=O)NCc2cccnc2)o1. The Morgan fingerprint density at radius 1 is 1.30 bits per heavy atom. The van der Waals surface area contributed by atoms with Gasteiger partial charge >= 0.3 is 5.00 Å². The fourth-order valence-corrected chi connectivity index (χ4v) is 3.48. The van der Waals surface area contributed by atoms with Crippen LogP contribution in [0, 0.1) is 10.1 Å². The highest BCUT2D eigenvalue weighted by molar-refractivity contribution is 7.89. The van der Waals surface area contributed by atoms with Crippen LogP contribution in [0.1, 0.15) is 16.1 Å². The average molecular weight is 409 g/mol. The highest BCUT2D eigenvalue weighted by atomic mass is 32.2. The van der Waals surface area contributed by atoms with Crippen LogP contribution in [0.25, 0.3) is 0 Å². The van der Waals surface area contributed by atoms with Crippen LogP contribution in [-0.2, 0) is 16.6 Å². The number of hydrogen-bond acceptors (Lipinski definition) is 9. The lowest BCUT2D eigenvalue weighted by atomic mass is 10.3. The third-order valence-corrected chi connectivity index (χ3v) is 5.29. The highest BCUT2D eigenvalue weighted by Gasteiger charge is 2.22. The van der Waals surface area contributed by atoms with Crippen molar-refractivity contribution < 1.29 is 22.6 Å². The first-order valence-electron chi connectivity index (χ1n) is 7.25. The van der Waals surface area contributed by atoms with Gasteiger partial charge in [-0.2, -0.15) is 0 Å². The van der Waals surface area contributed by atoms with Gasteiger partial charge in [-0.3, -0.25) is 25.2 Å². The van der Waals surface area contributed by atoms with Gasteiger partial charge in [-0.15, -0.1) is 0 Å². The average Bonchev–Trinajstić information content (AvgIpc) is 3.31. The summed E-state index contributed by atoms with van der Waals surface area (Å²) in [5.74, 6) is -1.07. The summed E-state index contributed by atoms with van der Waals surface area (Å²) in [6.07, 6.45) is 4.07. The normalized spacial score (nSPS) is 11.3. The molecule has 0 saturated heterocycles. The minimum atomic E-state index is -3.98. The van der Waals surface area contributed by atoms with E-state index >= 15 is 0 Å². The third kappa shape index (κ3) is 4.52. The second-order valence-electron chi connectivity index (χ2n) is 5.02. The molecule has 3 aromatic rings. The van der Waals surface area contributed by atoms with Crippen LogP contribution in [0.2, 0.25) is 0 Å². The Balaban J connectivity index is 1.67. The molecule has 0 unspecified atom stereocenters. The van der Waals surface area contributed by atoms with E-state index in [4.69, 9.17) is 4.42 Å². The predicted molar refractivity (Wildman–Crippen MR) is 93.7 cm³/mol. The van der Waals surface area contributed by atoms with E-state index in [9.17, 15) is 23.3 Å². The standard InChI is InChI=1S/C14H11N5O6S2/c20-13(18-14-16-8-11(26-14)19(21)22)10-3-4-12(25-10)27(23,24)17-7-9-2-1-5-15-6-9/h1-6,8,17H,7H2,(H,16,18,20). The van der Waals surface area contributed by atoms with Gasteiger partial charge in [0.2, 0.25) is 5.09 Å². The number of thiazole rings is 1. The van der Waals surface area contributed by atoms with Gasteiger partial charge in [0, 0.05) is 18.9 Å². The Labute approximate surface area is 156 Å². The zero-order valence-corrected chi connectivity index (χ0v) is 15.0. The van der Waals surface area contributed by atoms with E-state index in [1.54, 1.807) is 18.3 Å². The number of sulfonamides is 1. The van der Waals surface area contributed by atoms with Gasteiger partial charge in [0.1, 0.15) is 6.20 Å². The predicted octanol–water partition coefficient (Wildman–Crippen LogP) is 1.77. The first kappa shape index (κ1) is 18.6. The molecule has 0 aromatic carbocycles. The lowest BCUT2D eigenvalue weighted by Crippen LogP contribution is -2.22. The second kappa shape index (κ2) is 7.61. The Morgan fingerprint density at radius 3 is 2.78 bits per heavy atom. The summed E-state index contributed by atoms with van der Waals surface area (Å²) < 4.78 is 31.9. The number of nitro groups is 1. The molecule has 1 amide bonds. The van der Waals surface area contributed by atoms with Crippen LogP contribution in [0.5, 0.6) is 0 Å². The quantitative estimate of drug-likeness (QED) is 0.441. The second-order valence-corrected chi connectivity index (χ2v) is 7.73. The first-order valence-corrected chi connectivity index (χ1v) is 9.55. The number of carbonyl (C=O) groups is 1. The van der Waals surface area contributed by atoms with Crippen molar-refractivity contribution in [3.63, 3.8) is 0 Å². The summed E-state index contributed by atoms with van der Waals surface area (Å²) >= 11 is 0.662. The molecule has 0 fully saturated rings. The topological polar surface area (TPSA) is 157 Å². The van der Waals surface area contributed by atoms with E-state index in [1.165, 1.54) is 12.3 Å². The van der Waals surface area contributed by atoms with E-state index in [0.717, 1.165) is 12.3 Å². The van der Waals surface area contributed by atoms with E-state index in [-0.39, 0.29) is 22.4 Å². The maximum absolute atomic E-state index is 12.2. The van der Waals surface area contributed by atoms with E-state index in [0.29, 0.717) is 16.9 Å². The maximum Gasteiger partial charge on any atom is 0.345 e. The van der Waals surface area contributed by atoms with Gasteiger partial charge in [-0.1, -0.05) is 6.07 Å². The summed E-state index contributed by atoms with van der Waals surface area (Å²) in [5.41, 5.74) is 0.649. The van der Waals surface area contributed by atoms with Gasteiger partial charge in [0.25, 0.3) is 15.9 Å². The van der Waals surface area contributed by atoms with Crippen LogP contribution in [0.3, 0.4) is 0 Å². The molecule has 3 aromatic heterocycles. The largest absolute Gasteiger partial charge is 0.438 e. The molecule has 0 radical (unpaired) electrons. The molecule has 0 atom stereocenters. The number of amides is 1. The van der Waals surface area contributed by atoms with Crippen LogP contribution >= 0.6 is 11.3 Å². The molecule has 140 valence electrons. The molecule has 11 nitrogen and oxygen atoms in total. The summed E-state index contributed by atoms with van der Waals surface area (Å²) in [5, 5.41) is 12.2. The lowest BCUT2D eigenvalue weighted by molar-refractivity contribution is -0.380. The molecule has 13 heteroatoms. The Kier molecular flexibility index (Phi) is 5.25. The molecular weight excluding hydrogens is 398 g/mol. The van der Waals surface area contributed by atoms with Gasteiger partial charge in [-0.25, -0.2) is 18.1 Å².